The van der Waals surface area contributed by atoms with Crippen molar-refractivity contribution in [3.05, 3.63) is 47.5 Å². The van der Waals surface area contributed by atoms with Crippen LogP contribution in [-0.4, -0.2) is 39.8 Å². The Morgan fingerprint density at radius 2 is 2.03 bits per heavy atom. The smallest absolute Gasteiger partial charge is 0.323 e. The number of carboxylic acid groups (broad SMARTS) is 1. The molecule has 0 amide bonds. The Labute approximate surface area is 188 Å². The number of halogens is 2. The second-order valence-corrected chi connectivity index (χ2v) is 8.15. The fraction of sp³-hybridized carbons (Fsp3) is 0.318. The van der Waals surface area contributed by atoms with Gasteiger partial charge in [-0.2, -0.15) is 0 Å². The van der Waals surface area contributed by atoms with Crippen LogP contribution >= 0.6 is 11.6 Å². The van der Waals surface area contributed by atoms with Crippen LogP contribution in [0.1, 0.15) is 25.7 Å². The van der Waals surface area contributed by atoms with Gasteiger partial charge in [-0.25, -0.2) is 14.4 Å². The number of methoxy groups -OCH3 is 1. The van der Waals surface area contributed by atoms with E-state index in [1.54, 1.807) is 24.3 Å². The number of nitrogens with zero attached hydrogens (tertiary/aromatic N) is 2. The number of nitrogens with one attached hydrogen (secondary N) is 1. The molecule has 2 aromatic carbocycles. The van der Waals surface area contributed by atoms with Crippen molar-refractivity contribution in [2.24, 2.45) is 5.73 Å². The summed E-state index contributed by atoms with van der Waals surface area (Å²) < 4.78 is 26.0. The number of aliphatic carboxylic acids is 1. The first kappa shape index (κ1) is 22.0. The van der Waals surface area contributed by atoms with Crippen LogP contribution in [0.3, 0.4) is 0 Å². The molecule has 0 unspecified atom stereocenters. The molecule has 1 fully saturated rings. The Bertz CT molecular complexity index is 1170. The maximum Gasteiger partial charge on any atom is 0.323 e. The molecule has 0 saturated heterocycles. The van der Waals surface area contributed by atoms with E-state index in [2.05, 4.69) is 15.3 Å². The topological polar surface area (TPSA) is 120 Å². The summed E-state index contributed by atoms with van der Waals surface area (Å²) in [5.74, 6) is -0.287. The predicted octanol–water partition coefficient (Wildman–Crippen LogP) is 4.28. The Balaban J connectivity index is 1.64. The monoisotopic (exact) mass is 460 g/mol. The van der Waals surface area contributed by atoms with Crippen LogP contribution in [0, 0.1) is 5.82 Å². The van der Waals surface area contributed by atoms with Gasteiger partial charge in [0.2, 0.25) is 0 Å². The first-order chi connectivity index (χ1) is 15.3. The molecule has 4 rings (SSSR count). The molecule has 0 bridgehead atoms. The van der Waals surface area contributed by atoms with E-state index in [1.165, 1.54) is 19.5 Å². The number of nitrogens with two attached hydrogens (primary N) is 1. The van der Waals surface area contributed by atoms with Gasteiger partial charge in [0.05, 0.1) is 29.4 Å². The van der Waals surface area contributed by atoms with Gasteiger partial charge in [0.15, 0.2) is 17.3 Å². The minimum Gasteiger partial charge on any atom is -0.493 e. The second-order valence-electron chi connectivity index (χ2n) is 7.75. The summed E-state index contributed by atoms with van der Waals surface area (Å²) in [7, 11) is 1.52. The molecule has 1 heterocycles. The van der Waals surface area contributed by atoms with Crippen molar-refractivity contribution in [1.82, 2.24) is 9.97 Å². The summed E-state index contributed by atoms with van der Waals surface area (Å²) in [5.41, 5.74) is 5.49. The average Bonchev–Trinajstić information content (AvgIpc) is 2.78. The van der Waals surface area contributed by atoms with Crippen molar-refractivity contribution < 1.29 is 23.8 Å². The van der Waals surface area contributed by atoms with Crippen molar-refractivity contribution >= 4 is 40.0 Å². The SMILES string of the molecule is COc1cc2ncnc(Nc3cccc(Cl)c3F)c2cc1O[C@H]1CC[C@](N)(C(=O)O)CC1. The number of fused-ring (bicyclic) bond motifs is 1. The van der Waals surface area contributed by atoms with E-state index in [0.717, 1.165) is 0 Å². The van der Waals surface area contributed by atoms with Gasteiger partial charge in [-0.15, -0.1) is 0 Å². The molecule has 0 spiro atoms. The van der Waals surface area contributed by atoms with E-state index in [0.29, 0.717) is 53.9 Å². The van der Waals surface area contributed by atoms with Crippen LogP contribution in [0.5, 0.6) is 11.5 Å². The Morgan fingerprint density at radius 1 is 1.28 bits per heavy atom. The largest absolute Gasteiger partial charge is 0.493 e. The van der Waals surface area contributed by atoms with E-state index in [9.17, 15) is 14.3 Å². The van der Waals surface area contributed by atoms with Gasteiger partial charge in [0.25, 0.3) is 0 Å². The second kappa shape index (κ2) is 8.76. The number of rotatable bonds is 6. The van der Waals surface area contributed by atoms with Gasteiger partial charge in [0.1, 0.15) is 17.7 Å². The lowest BCUT2D eigenvalue weighted by Gasteiger charge is -2.34. The van der Waals surface area contributed by atoms with Crippen LogP contribution in [-0.2, 0) is 4.79 Å². The molecule has 168 valence electrons. The van der Waals surface area contributed by atoms with Crippen molar-refractivity contribution in [1.29, 1.82) is 0 Å². The highest BCUT2D eigenvalue weighted by atomic mass is 35.5. The molecule has 0 aliphatic heterocycles. The van der Waals surface area contributed by atoms with E-state index in [1.807, 2.05) is 0 Å². The summed E-state index contributed by atoms with van der Waals surface area (Å²) >= 11 is 5.88. The van der Waals surface area contributed by atoms with Crippen LogP contribution in [0.25, 0.3) is 10.9 Å². The summed E-state index contributed by atoms with van der Waals surface area (Å²) in [6.07, 6.45) is 2.76. The lowest BCUT2D eigenvalue weighted by molar-refractivity contribution is -0.145. The maximum absolute atomic E-state index is 14.4. The quantitative estimate of drug-likeness (QED) is 0.498. The number of anilines is 2. The number of carbonyl (C=O) groups is 1. The zero-order valence-electron chi connectivity index (χ0n) is 17.3. The molecular formula is C22H22ClFN4O4. The number of ether oxygens (including phenoxy) is 2. The first-order valence-electron chi connectivity index (χ1n) is 10.0. The van der Waals surface area contributed by atoms with Crippen molar-refractivity contribution in [3.8, 4) is 11.5 Å². The van der Waals surface area contributed by atoms with Gasteiger partial charge in [-0.3, -0.25) is 4.79 Å². The summed E-state index contributed by atoms with van der Waals surface area (Å²) in [6.45, 7) is 0. The first-order valence-corrected chi connectivity index (χ1v) is 10.4. The molecule has 10 heteroatoms. The van der Waals surface area contributed by atoms with Gasteiger partial charge in [-0.1, -0.05) is 17.7 Å². The van der Waals surface area contributed by atoms with Gasteiger partial charge < -0.3 is 25.6 Å². The number of benzene rings is 2. The van der Waals surface area contributed by atoms with Crippen molar-refractivity contribution in [3.63, 3.8) is 0 Å². The number of hydrogen-bond acceptors (Lipinski definition) is 7. The molecule has 1 aliphatic carbocycles. The fourth-order valence-corrected chi connectivity index (χ4v) is 3.94. The lowest BCUT2D eigenvalue weighted by atomic mass is 9.81. The highest BCUT2D eigenvalue weighted by Gasteiger charge is 2.39. The number of carboxylic acids is 1. The van der Waals surface area contributed by atoms with Crippen LogP contribution < -0.4 is 20.5 Å². The minimum absolute atomic E-state index is 0.00584. The summed E-state index contributed by atoms with van der Waals surface area (Å²) in [6, 6.07) is 8.08. The fourth-order valence-electron chi connectivity index (χ4n) is 3.76. The van der Waals surface area contributed by atoms with Gasteiger partial charge in [-0.05, 0) is 43.9 Å². The minimum atomic E-state index is -1.22. The zero-order chi connectivity index (χ0) is 22.9. The number of aromatic nitrogens is 2. The molecule has 1 saturated carbocycles. The van der Waals surface area contributed by atoms with Crippen molar-refractivity contribution in [2.75, 3.05) is 12.4 Å². The third-order valence-electron chi connectivity index (χ3n) is 5.67. The predicted molar refractivity (Wildman–Crippen MR) is 118 cm³/mol. The maximum atomic E-state index is 14.4. The molecule has 32 heavy (non-hydrogen) atoms. The van der Waals surface area contributed by atoms with Crippen LogP contribution in [0.2, 0.25) is 5.02 Å². The van der Waals surface area contributed by atoms with Crippen molar-refractivity contribution in [2.45, 2.75) is 37.3 Å². The molecule has 1 aromatic heterocycles. The molecule has 1 aliphatic rings. The zero-order valence-corrected chi connectivity index (χ0v) is 18.0. The summed E-state index contributed by atoms with van der Waals surface area (Å²) in [5, 5.41) is 12.9. The van der Waals surface area contributed by atoms with E-state index >= 15 is 0 Å². The normalized spacial score (nSPS) is 20.7. The highest BCUT2D eigenvalue weighted by Crippen LogP contribution is 2.38. The number of hydrogen-bond donors (Lipinski definition) is 3. The standard InChI is InChI=1S/C22H22ClFN4O4/c1-31-17-10-16-13(9-18(17)32-12-5-7-22(25,8-6-12)21(29)30)20(27-11-26-16)28-15-4-2-3-14(23)19(15)24/h2-4,9-12H,5-8,25H2,1H3,(H,29,30)(H,26,27,28)/t12-,22+. The van der Waals surface area contributed by atoms with E-state index in [4.69, 9.17) is 26.8 Å². The Hall–Kier alpha value is -3.17. The molecule has 4 N–H and O–H groups in total. The molecular weight excluding hydrogens is 439 g/mol. The lowest BCUT2D eigenvalue weighted by Crippen LogP contribution is -2.51. The third-order valence-corrected chi connectivity index (χ3v) is 5.96. The Morgan fingerprint density at radius 3 is 2.72 bits per heavy atom. The Kier molecular flexibility index (Phi) is 6.03. The van der Waals surface area contributed by atoms with Crippen LogP contribution in [0.4, 0.5) is 15.9 Å². The van der Waals surface area contributed by atoms with Crippen LogP contribution in [0.15, 0.2) is 36.7 Å². The average molecular weight is 461 g/mol. The van der Waals surface area contributed by atoms with Gasteiger partial charge >= 0.3 is 5.97 Å². The third kappa shape index (κ3) is 4.26. The van der Waals surface area contributed by atoms with E-state index < -0.39 is 17.3 Å². The van der Waals surface area contributed by atoms with E-state index in [-0.39, 0.29) is 16.8 Å². The van der Waals surface area contributed by atoms with Gasteiger partial charge in [0, 0.05) is 11.5 Å². The highest BCUT2D eigenvalue weighted by molar-refractivity contribution is 6.31. The molecule has 8 nitrogen and oxygen atoms in total. The molecule has 3 aromatic rings. The summed E-state index contributed by atoms with van der Waals surface area (Å²) in [4.78, 5) is 19.9. The molecule has 0 atom stereocenters. The molecule has 0 radical (unpaired) electrons.